The van der Waals surface area contributed by atoms with Crippen molar-refractivity contribution >= 4 is 23.2 Å². The normalized spacial score (nSPS) is 16.2. The minimum absolute atomic E-state index is 0.202. The van der Waals surface area contributed by atoms with E-state index in [0.29, 0.717) is 22.7 Å². The van der Waals surface area contributed by atoms with Crippen LogP contribution in [0.2, 0.25) is 0 Å². The summed E-state index contributed by atoms with van der Waals surface area (Å²) in [4.78, 5) is 24.6. The standard InChI is InChI=1S/C18H22N4O3/c1-9(2)22-11(4)15(10(3)21-22)20-18(24)13-7-6-8-14-16(13)25-12(5)17(23)19-14/h6-9,12H,1-5H3,(H,19,23)(H,20,24)/t12-/m1/s1. The van der Waals surface area contributed by atoms with Gasteiger partial charge in [0.05, 0.1) is 28.3 Å². The Morgan fingerprint density at radius 1 is 1.36 bits per heavy atom. The molecule has 2 heterocycles. The van der Waals surface area contributed by atoms with Crippen LogP contribution in [-0.4, -0.2) is 27.7 Å². The van der Waals surface area contributed by atoms with Gasteiger partial charge in [0.1, 0.15) is 0 Å². The Morgan fingerprint density at radius 2 is 2.08 bits per heavy atom. The third-order valence-electron chi connectivity index (χ3n) is 4.23. The van der Waals surface area contributed by atoms with Crippen LogP contribution in [0.5, 0.6) is 5.75 Å². The molecule has 0 spiro atoms. The number of amides is 2. The van der Waals surface area contributed by atoms with Gasteiger partial charge in [-0.15, -0.1) is 0 Å². The highest BCUT2D eigenvalue weighted by molar-refractivity contribution is 6.09. The minimum atomic E-state index is -0.645. The number of benzene rings is 1. The summed E-state index contributed by atoms with van der Waals surface area (Å²) in [7, 11) is 0. The Bertz CT molecular complexity index is 854. The average molecular weight is 342 g/mol. The Balaban J connectivity index is 1.94. The van der Waals surface area contributed by atoms with Gasteiger partial charge in [-0.25, -0.2) is 0 Å². The number of rotatable bonds is 3. The van der Waals surface area contributed by atoms with Crippen molar-refractivity contribution in [3.63, 3.8) is 0 Å². The highest BCUT2D eigenvalue weighted by Gasteiger charge is 2.28. The third kappa shape index (κ3) is 2.97. The van der Waals surface area contributed by atoms with Gasteiger partial charge in [-0.3, -0.25) is 14.3 Å². The van der Waals surface area contributed by atoms with Gasteiger partial charge in [0.2, 0.25) is 0 Å². The van der Waals surface area contributed by atoms with E-state index in [1.807, 2.05) is 32.4 Å². The van der Waals surface area contributed by atoms with Crippen LogP contribution in [-0.2, 0) is 4.79 Å². The van der Waals surface area contributed by atoms with E-state index >= 15 is 0 Å². The van der Waals surface area contributed by atoms with Crippen LogP contribution in [0.1, 0.15) is 48.6 Å². The molecular weight excluding hydrogens is 320 g/mol. The van der Waals surface area contributed by atoms with Gasteiger partial charge >= 0.3 is 0 Å². The lowest BCUT2D eigenvalue weighted by Gasteiger charge is -2.25. The van der Waals surface area contributed by atoms with E-state index in [4.69, 9.17) is 4.74 Å². The fourth-order valence-electron chi connectivity index (χ4n) is 2.93. The first-order chi connectivity index (χ1) is 11.8. The van der Waals surface area contributed by atoms with E-state index in [-0.39, 0.29) is 17.9 Å². The van der Waals surface area contributed by atoms with Crippen LogP contribution >= 0.6 is 0 Å². The fourth-order valence-corrected chi connectivity index (χ4v) is 2.93. The van der Waals surface area contributed by atoms with Crippen LogP contribution in [0.15, 0.2) is 18.2 Å². The Kier molecular flexibility index (Phi) is 4.24. The van der Waals surface area contributed by atoms with E-state index in [0.717, 1.165) is 11.4 Å². The largest absolute Gasteiger partial charge is 0.478 e. The van der Waals surface area contributed by atoms with Crippen molar-refractivity contribution in [2.24, 2.45) is 0 Å². The maximum atomic E-state index is 12.8. The number of aryl methyl sites for hydroxylation is 1. The molecule has 0 saturated carbocycles. The molecule has 3 rings (SSSR count). The smallest absolute Gasteiger partial charge is 0.265 e. The van der Waals surface area contributed by atoms with Gasteiger partial charge in [0, 0.05) is 6.04 Å². The number of hydrogen-bond acceptors (Lipinski definition) is 4. The number of nitrogens with one attached hydrogen (secondary N) is 2. The number of fused-ring (bicyclic) bond motifs is 1. The van der Waals surface area contributed by atoms with Crippen molar-refractivity contribution < 1.29 is 14.3 Å². The number of anilines is 2. The van der Waals surface area contributed by atoms with Crippen molar-refractivity contribution in [1.82, 2.24) is 9.78 Å². The molecule has 0 aliphatic carbocycles. The number of nitrogens with zero attached hydrogens (tertiary/aromatic N) is 2. The van der Waals surface area contributed by atoms with E-state index in [1.165, 1.54) is 0 Å². The molecule has 0 saturated heterocycles. The van der Waals surface area contributed by atoms with Gasteiger partial charge in [0.25, 0.3) is 11.8 Å². The number of carbonyl (C=O) groups excluding carboxylic acids is 2. The van der Waals surface area contributed by atoms with Crippen LogP contribution < -0.4 is 15.4 Å². The monoisotopic (exact) mass is 342 g/mol. The molecule has 132 valence electrons. The molecule has 7 nitrogen and oxygen atoms in total. The van der Waals surface area contributed by atoms with E-state index in [2.05, 4.69) is 15.7 Å². The lowest BCUT2D eigenvalue weighted by atomic mass is 10.1. The van der Waals surface area contributed by atoms with Crippen LogP contribution in [0, 0.1) is 13.8 Å². The summed E-state index contributed by atoms with van der Waals surface area (Å²) in [6.07, 6.45) is -0.645. The first kappa shape index (κ1) is 17.0. The third-order valence-corrected chi connectivity index (χ3v) is 4.23. The topological polar surface area (TPSA) is 85.2 Å². The molecule has 0 bridgehead atoms. The zero-order chi connectivity index (χ0) is 18.3. The second-order valence-electron chi connectivity index (χ2n) is 6.47. The summed E-state index contributed by atoms with van der Waals surface area (Å²) in [5.74, 6) is -0.136. The second-order valence-corrected chi connectivity index (χ2v) is 6.47. The molecule has 2 aromatic rings. The first-order valence-electron chi connectivity index (χ1n) is 8.27. The molecule has 2 amide bonds. The lowest BCUT2D eigenvalue weighted by molar-refractivity contribution is -0.122. The molecule has 25 heavy (non-hydrogen) atoms. The van der Waals surface area contributed by atoms with E-state index in [1.54, 1.807) is 25.1 Å². The molecule has 1 aromatic carbocycles. The van der Waals surface area contributed by atoms with Crippen LogP contribution in [0.4, 0.5) is 11.4 Å². The summed E-state index contributed by atoms with van der Waals surface area (Å²) in [5.41, 5.74) is 3.23. The van der Waals surface area contributed by atoms with Crippen molar-refractivity contribution in [2.45, 2.75) is 46.8 Å². The number of hydrogen-bond donors (Lipinski definition) is 2. The molecule has 1 aromatic heterocycles. The summed E-state index contributed by atoms with van der Waals surface area (Å²) in [6.45, 7) is 9.51. The molecule has 1 atom stereocenters. The lowest BCUT2D eigenvalue weighted by Crippen LogP contribution is -2.35. The highest BCUT2D eigenvalue weighted by atomic mass is 16.5. The molecule has 1 aliphatic rings. The van der Waals surface area contributed by atoms with Crippen molar-refractivity contribution in [2.75, 3.05) is 10.6 Å². The van der Waals surface area contributed by atoms with Crippen LogP contribution in [0.25, 0.3) is 0 Å². The zero-order valence-electron chi connectivity index (χ0n) is 15.0. The molecular formula is C18H22N4O3. The second kappa shape index (κ2) is 6.23. The molecule has 7 heteroatoms. The van der Waals surface area contributed by atoms with Gasteiger partial charge in [-0.1, -0.05) is 6.07 Å². The average Bonchev–Trinajstić information content (AvgIpc) is 2.83. The fraction of sp³-hybridized carbons (Fsp3) is 0.389. The zero-order valence-corrected chi connectivity index (χ0v) is 15.0. The Hall–Kier alpha value is -2.83. The molecule has 1 aliphatic heterocycles. The van der Waals surface area contributed by atoms with Gasteiger partial charge in [-0.05, 0) is 46.8 Å². The molecule has 0 radical (unpaired) electrons. The summed E-state index contributed by atoms with van der Waals surface area (Å²) in [5, 5.41) is 10.2. The molecule has 0 fully saturated rings. The maximum absolute atomic E-state index is 12.8. The van der Waals surface area contributed by atoms with Crippen molar-refractivity contribution in [3.05, 3.63) is 35.2 Å². The van der Waals surface area contributed by atoms with Gasteiger partial charge < -0.3 is 15.4 Å². The van der Waals surface area contributed by atoms with E-state index < -0.39 is 6.10 Å². The molecule has 0 unspecified atom stereocenters. The summed E-state index contributed by atoms with van der Waals surface area (Å²) in [6, 6.07) is 5.30. The van der Waals surface area contributed by atoms with Gasteiger partial charge in [-0.2, -0.15) is 5.10 Å². The first-order valence-corrected chi connectivity index (χ1v) is 8.27. The van der Waals surface area contributed by atoms with Crippen molar-refractivity contribution in [1.29, 1.82) is 0 Å². The summed E-state index contributed by atoms with van der Waals surface area (Å²) >= 11 is 0. The van der Waals surface area contributed by atoms with Crippen LogP contribution in [0.3, 0.4) is 0 Å². The minimum Gasteiger partial charge on any atom is -0.478 e. The number of aromatic nitrogens is 2. The number of carbonyl (C=O) groups is 2. The quantitative estimate of drug-likeness (QED) is 0.898. The maximum Gasteiger partial charge on any atom is 0.265 e. The van der Waals surface area contributed by atoms with Gasteiger partial charge in [0.15, 0.2) is 11.9 Å². The van der Waals surface area contributed by atoms with Crippen molar-refractivity contribution in [3.8, 4) is 5.75 Å². The predicted molar refractivity (Wildman–Crippen MR) is 95.2 cm³/mol. The van der Waals surface area contributed by atoms with E-state index in [9.17, 15) is 9.59 Å². The summed E-state index contributed by atoms with van der Waals surface area (Å²) < 4.78 is 7.52. The predicted octanol–water partition coefficient (Wildman–Crippen LogP) is 3.05. The Labute approximate surface area is 146 Å². The highest BCUT2D eigenvalue weighted by Crippen LogP contribution is 2.34. The number of ether oxygens (including phenoxy) is 1. The molecule has 2 N–H and O–H groups in total. The Morgan fingerprint density at radius 3 is 2.72 bits per heavy atom. The SMILES string of the molecule is Cc1nn(C(C)C)c(C)c1NC(=O)c1cccc2c1O[C@H](C)C(=O)N2. The number of para-hydroxylation sites is 1.